The molecular formula is C113H90N6. The lowest BCUT2D eigenvalue weighted by Crippen LogP contribution is -2.14. The average molecular weight is 1530 g/mol. The molecule has 4 heterocycles. The first-order valence-corrected chi connectivity index (χ1v) is 41.5. The molecule has 0 saturated heterocycles. The molecule has 0 N–H and O–H groups in total. The molecule has 572 valence electrons. The molecule has 0 radical (unpaired) electrons. The second kappa shape index (κ2) is 28.0. The van der Waals surface area contributed by atoms with Gasteiger partial charge in [0.2, 0.25) is 5.69 Å². The first kappa shape index (κ1) is 73.6. The van der Waals surface area contributed by atoms with Gasteiger partial charge in [0.25, 0.3) is 0 Å². The number of hydrogen-bond acceptors (Lipinski definition) is 1. The van der Waals surface area contributed by atoms with Crippen molar-refractivity contribution in [2.24, 2.45) is 0 Å². The summed E-state index contributed by atoms with van der Waals surface area (Å²) in [6, 6.07) is 105. The van der Waals surface area contributed by atoms with Crippen molar-refractivity contribution in [3.8, 4) is 107 Å². The van der Waals surface area contributed by atoms with Gasteiger partial charge < -0.3 is 18.3 Å². The van der Waals surface area contributed by atoms with Crippen LogP contribution in [0, 0.1) is 122 Å². The van der Waals surface area contributed by atoms with Crippen LogP contribution in [0.5, 0.6) is 0 Å². The van der Waals surface area contributed by atoms with Crippen LogP contribution in [0.25, 0.3) is 193 Å². The van der Waals surface area contributed by atoms with Gasteiger partial charge in [-0.05, 0) is 357 Å². The molecular weight excluding hydrogens is 1440 g/mol. The molecule has 16 aromatic carbocycles. The summed E-state index contributed by atoms with van der Waals surface area (Å²) in [5.74, 6) is 0. The maximum absolute atomic E-state index is 13.9. The second-order valence-electron chi connectivity index (χ2n) is 33.7. The summed E-state index contributed by atoms with van der Waals surface area (Å²) in [6.07, 6.45) is 0. The van der Waals surface area contributed by atoms with Crippen molar-refractivity contribution in [3.63, 3.8) is 0 Å². The summed E-state index contributed by atoms with van der Waals surface area (Å²) in [5.41, 5.74) is 43.9. The second-order valence-corrected chi connectivity index (χ2v) is 33.7. The van der Waals surface area contributed by atoms with Gasteiger partial charge in [0, 0.05) is 43.1 Å². The van der Waals surface area contributed by atoms with Crippen molar-refractivity contribution in [1.29, 1.82) is 5.26 Å². The first-order chi connectivity index (χ1) is 57.7. The van der Waals surface area contributed by atoms with Crippen LogP contribution < -0.4 is 0 Å². The van der Waals surface area contributed by atoms with Crippen LogP contribution in [0.1, 0.15) is 89.0 Å². The normalized spacial score (nSPS) is 11.8. The molecule has 6 heteroatoms. The Morgan fingerprint density at radius 3 is 0.563 bits per heavy atom. The molecule has 0 atom stereocenters. The molecule has 0 fully saturated rings. The predicted molar refractivity (Wildman–Crippen MR) is 504 cm³/mol. The van der Waals surface area contributed by atoms with E-state index >= 15 is 0 Å². The van der Waals surface area contributed by atoms with Crippen LogP contribution in [-0.4, -0.2) is 18.3 Å². The van der Waals surface area contributed by atoms with Gasteiger partial charge in [-0.15, -0.1) is 0 Å². The molecule has 20 rings (SSSR count). The Bertz CT molecular complexity index is 7460. The molecule has 0 aliphatic rings. The number of rotatable bonds is 11. The van der Waals surface area contributed by atoms with Crippen LogP contribution in [-0.2, 0) is 0 Å². The number of aromatic nitrogens is 4. The van der Waals surface area contributed by atoms with E-state index in [1.165, 1.54) is 117 Å². The molecule has 20 aromatic rings. The van der Waals surface area contributed by atoms with E-state index < -0.39 is 0 Å². The maximum Gasteiger partial charge on any atom is 0.238 e. The third kappa shape index (κ3) is 11.3. The fourth-order valence-electron chi connectivity index (χ4n) is 20.9. The van der Waals surface area contributed by atoms with E-state index in [-0.39, 0.29) is 0 Å². The van der Waals surface area contributed by atoms with Crippen LogP contribution in [0.2, 0.25) is 0 Å². The van der Waals surface area contributed by atoms with Gasteiger partial charge in [-0.3, -0.25) is 0 Å². The third-order valence-electron chi connectivity index (χ3n) is 26.1. The molecule has 0 amide bonds. The first-order valence-electron chi connectivity index (χ1n) is 41.5. The van der Waals surface area contributed by atoms with Crippen molar-refractivity contribution in [2.75, 3.05) is 0 Å². The van der Waals surface area contributed by atoms with Crippen LogP contribution in [0.15, 0.2) is 273 Å². The zero-order valence-electron chi connectivity index (χ0n) is 70.2. The van der Waals surface area contributed by atoms with E-state index in [4.69, 9.17) is 4.85 Å². The monoisotopic (exact) mass is 1530 g/mol. The third-order valence-corrected chi connectivity index (χ3v) is 26.1. The zero-order chi connectivity index (χ0) is 82.0. The SMILES string of the molecule is [C-]#[N+]c1c(-n2c3ccc(-c4c(C)cccc4C)cc3c3cc(-c4c(C)cccc4C)ccc32)c(-n2c3ccc(C)cc3c3cc(-c4c(C)cccc4C)ccc32)c(C#N)c(-n2c3ccc(-c4c(C)cccc4C)cc3c3cc(-c4c(C)cccc4C)ccc32)c1-n1c2ccc(-c3c(C)cccc3C)cc2c2cc(-c3c(C)cccc3C)ccc21. The number of hydrogen-bond donors (Lipinski definition) is 0. The number of benzene rings is 16. The average Bonchev–Trinajstić information content (AvgIpc) is 1.54. The Balaban J connectivity index is 1.05. The molecule has 0 bridgehead atoms. The predicted octanol–water partition coefficient (Wildman–Crippen LogP) is 30.8. The molecule has 0 saturated carbocycles. The van der Waals surface area contributed by atoms with E-state index in [0.29, 0.717) is 34.0 Å². The largest absolute Gasteiger partial charge is 0.317 e. The minimum Gasteiger partial charge on any atom is -0.317 e. The number of nitriles is 1. The zero-order valence-corrected chi connectivity index (χ0v) is 70.2. The van der Waals surface area contributed by atoms with Gasteiger partial charge in [-0.2, -0.15) is 5.26 Å². The summed E-state index contributed by atoms with van der Waals surface area (Å²) in [5, 5.41) is 22.1. The standard InChI is InChI=1S/C113H90N6/c1-63-38-46-94-85(54-63)86-55-78(102-64(2)24-17-25-65(102)3)39-47-95(86)116(94)110-93(62-114)111(117-96-48-40-79(103-66(4)26-18-27-67(103)5)56-87(96)88-57-80(41-49-97(88)117)104-68(6)28-19-29-69(104)7)113(119-100-52-44-83(107-74(12)34-22-35-75(107)13)60-91(100)92-61-84(45-53-101(92)119)108-76(14)36-23-37-77(108)15)109(115-16)112(110)118-98-50-42-81(105-70(8)30-20-31-71(105)9)58-89(98)90-59-82(43-51-99(90)118)106-72(10)32-21-33-73(106)11/h17-61H,1-15H3. The Morgan fingerprint density at radius 2 is 0.387 bits per heavy atom. The van der Waals surface area contributed by atoms with E-state index in [0.717, 1.165) is 132 Å². The van der Waals surface area contributed by atoms with E-state index in [9.17, 15) is 11.8 Å². The molecule has 0 aliphatic carbocycles. The molecule has 0 unspecified atom stereocenters. The topological polar surface area (TPSA) is 47.9 Å². The summed E-state index contributed by atoms with van der Waals surface area (Å²) >= 11 is 0. The van der Waals surface area contributed by atoms with Gasteiger partial charge in [0.05, 0.1) is 73.5 Å². The van der Waals surface area contributed by atoms with E-state index in [2.05, 4.69) is 401 Å². The van der Waals surface area contributed by atoms with E-state index in [1.807, 2.05) is 0 Å². The summed E-state index contributed by atoms with van der Waals surface area (Å²) in [7, 11) is 0. The number of fused-ring (bicyclic) bond motifs is 12. The van der Waals surface area contributed by atoms with Crippen LogP contribution in [0.4, 0.5) is 5.69 Å². The van der Waals surface area contributed by atoms with Gasteiger partial charge >= 0.3 is 0 Å². The quantitative estimate of drug-likeness (QED) is 0.119. The van der Waals surface area contributed by atoms with E-state index in [1.54, 1.807) is 0 Å². The molecule has 119 heavy (non-hydrogen) atoms. The lowest BCUT2D eigenvalue weighted by Gasteiger charge is -2.27. The Morgan fingerprint density at radius 1 is 0.218 bits per heavy atom. The minimum atomic E-state index is 0.366. The highest BCUT2D eigenvalue weighted by Gasteiger charge is 2.36. The van der Waals surface area contributed by atoms with Gasteiger partial charge in [0.1, 0.15) is 11.6 Å². The highest BCUT2D eigenvalue weighted by atomic mass is 15.1. The van der Waals surface area contributed by atoms with Gasteiger partial charge in [-0.25, -0.2) is 4.85 Å². The lowest BCUT2D eigenvalue weighted by molar-refractivity contribution is 1.04. The number of nitrogens with zero attached hydrogens (tertiary/aromatic N) is 6. The molecule has 4 aromatic heterocycles. The smallest absolute Gasteiger partial charge is 0.238 e. The molecule has 0 spiro atoms. The summed E-state index contributed by atoms with van der Waals surface area (Å²) < 4.78 is 9.52. The van der Waals surface area contributed by atoms with Crippen molar-refractivity contribution in [3.05, 3.63) is 373 Å². The Kier molecular flexibility index (Phi) is 17.3. The fourth-order valence-corrected chi connectivity index (χ4v) is 20.9. The number of aryl methyl sites for hydroxylation is 15. The fraction of sp³-hybridized carbons (Fsp3) is 0.133. The summed E-state index contributed by atoms with van der Waals surface area (Å²) in [4.78, 5) is 5.31. The molecule has 0 aliphatic heterocycles. The van der Waals surface area contributed by atoms with Gasteiger partial charge in [0.15, 0.2) is 0 Å². The highest BCUT2D eigenvalue weighted by Crippen LogP contribution is 2.55. The highest BCUT2D eigenvalue weighted by molar-refractivity contribution is 6.19. The molecule has 6 nitrogen and oxygen atoms in total. The van der Waals surface area contributed by atoms with Crippen molar-refractivity contribution in [2.45, 2.75) is 104 Å². The van der Waals surface area contributed by atoms with Gasteiger partial charge in [-0.1, -0.05) is 181 Å². The minimum absolute atomic E-state index is 0.366. The lowest BCUT2D eigenvalue weighted by atomic mass is 9.93. The Hall–Kier alpha value is -14.3. The van der Waals surface area contributed by atoms with Crippen LogP contribution in [0.3, 0.4) is 0 Å². The van der Waals surface area contributed by atoms with Crippen molar-refractivity contribution < 1.29 is 0 Å². The maximum atomic E-state index is 13.9. The van der Waals surface area contributed by atoms with Crippen molar-refractivity contribution >= 4 is 92.9 Å². The van der Waals surface area contributed by atoms with Crippen molar-refractivity contribution in [1.82, 2.24) is 18.3 Å². The Labute approximate surface area is 695 Å². The van der Waals surface area contributed by atoms with Crippen LogP contribution >= 0.6 is 0 Å². The summed E-state index contributed by atoms with van der Waals surface area (Å²) in [6.45, 7) is 44.0.